The molecule has 0 saturated heterocycles. The van der Waals surface area contributed by atoms with E-state index < -0.39 is 22.5 Å². The Hall–Kier alpha value is -3.85. The average molecular weight is 538 g/mol. The lowest BCUT2D eigenvalue weighted by molar-refractivity contribution is -0.119. The second kappa shape index (κ2) is 12.1. The number of sulfonamides is 1. The Labute approximate surface area is 225 Å². The third kappa shape index (κ3) is 6.92. The molecule has 0 aliphatic carbocycles. The van der Waals surface area contributed by atoms with Crippen molar-refractivity contribution < 1.29 is 22.7 Å². The SMILES string of the molecule is COc1ccc(S(=O)(=O)N(CC(=O)N/N=C(/C)CC(C)(C)c2ccccc2)c2ccc(C)cc2)cc1OC. The Morgan fingerprint density at radius 1 is 0.947 bits per heavy atom. The van der Waals surface area contributed by atoms with Gasteiger partial charge in [0.1, 0.15) is 6.54 Å². The van der Waals surface area contributed by atoms with Gasteiger partial charge < -0.3 is 9.47 Å². The number of ether oxygens (including phenoxy) is 2. The molecule has 0 spiro atoms. The molecule has 0 bridgehead atoms. The number of carbonyl (C=O) groups excluding carboxylic acids is 1. The second-order valence-corrected chi connectivity index (χ2v) is 11.5. The molecule has 0 aliphatic heterocycles. The highest BCUT2D eigenvalue weighted by Gasteiger charge is 2.28. The molecule has 0 unspecified atom stereocenters. The maximum atomic E-state index is 13.7. The number of hydrogen-bond donors (Lipinski definition) is 1. The molecule has 0 radical (unpaired) electrons. The number of methoxy groups -OCH3 is 2. The molecule has 0 aliphatic rings. The molecule has 0 heterocycles. The molecule has 9 heteroatoms. The van der Waals surface area contributed by atoms with Crippen LogP contribution in [0.2, 0.25) is 0 Å². The Bertz CT molecular complexity index is 1390. The topological polar surface area (TPSA) is 97.3 Å². The van der Waals surface area contributed by atoms with Crippen molar-refractivity contribution in [3.05, 3.63) is 83.9 Å². The van der Waals surface area contributed by atoms with Crippen LogP contribution in [-0.2, 0) is 20.2 Å². The fourth-order valence-electron chi connectivity index (χ4n) is 4.12. The molecule has 8 nitrogen and oxygen atoms in total. The largest absolute Gasteiger partial charge is 0.493 e. The number of nitrogens with zero attached hydrogens (tertiary/aromatic N) is 2. The summed E-state index contributed by atoms with van der Waals surface area (Å²) in [7, 11) is -1.23. The van der Waals surface area contributed by atoms with Gasteiger partial charge in [0.05, 0.1) is 24.8 Å². The van der Waals surface area contributed by atoms with Crippen LogP contribution in [0.3, 0.4) is 0 Å². The maximum Gasteiger partial charge on any atom is 0.264 e. The van der Waals surface area contributed by atoms with E-state index in [4.69, 9.17) is 9.47 Å². The minimum absolute atomic E-state index is 0.0344. The number of rotatable bonds is 11. The molecule has 0 atom stereocenters. The predicted molar refractivity (Wildman–Crippen MR) is 151 cm³/mol. The lowest BCUT2D eigenvalue weighted by Gasteiger charge is -2.25. The monoisotopic (exact) mass is 537 g/mol. The zero-order valence-electron chi connectivity index (χ0n) is 22.7. The van der Waals surface area contributed by atoms with Crippen LogP contribution in [0.5, 0.6) is 11.5 Å². The molecule has 0 aromatic heterocycles. The van der Waals surface area contributed by atoms with Crippen LogP contribution in [0, 0.1) is 6.92 Å². The first-order chi connectivity index (χ1) is 18.0. The number of hydrazone groups is 1. The zero-order chi connectivity index (χ0) is 27.9. The van der Waals surface area contributed by atoms with Gasteiger partial charge >= 0.3 is 0 Å². The summed E-state index contributed by atoms with van der Waals surface area (Å²) in [6.07, 6.45) is 0.614. The Morgan fingerprint density at radius 3 is 2.18 bits per heavy atom. The van der Waals surface area contributed by atoms with E-state index in [1.807, 2.05) is 32.0 Å². The van der Waals surface area contributed by atoms with Crippen molar-refractivity contribution in [2.75, 3.05) is 25.1 Å². The minimum atomic E-state index is -4.13. The smallest absolute Gasteiger partial charge is 0.264 e. The van der Waals surface area contributed by atoms with Gasteiger partial charge in [-0.05, 0) is 55.5 Å². The Kier molecular flexibility index (Phi) is 9.17. The van der Waals surface area contributed by atoms with Crippen molar-refractivity contribution in [1.29, 1.82) is 0 Å². The molecule has 3 aromatic rings. The van der Waals surface area contributed by atoms with Gasteiger partial charge in [0.25, 0.3) is 15.9 Å². The first-order valence-electron chi connectivity index (χ1n) is 12.2. The van der Waals surface area contributed by atoms with Gasteiger partial charge in [-0.25, -0.2) is 13.8 Å². The summed E-state index contributed by atoms with van der Waals surface area (Å²) in [6, 6.07) is 21.3. The van der Waals surface area contributed by atoms with Gasteiger partial charge in [-0.2, -0.15) is 5.10 Å². The lowest BCUT2D eigenvalue weighted by atomic mass is 9.80. The Morgan fingerprint density at radius 2 is 1.58 bits per heavy atom. The molecular weight excluding hydrogens is 502 g/mol. The van der Waals surface area contributed by atoms with Gasteiger partial charge in [0.2, 0.25) is 0 Å². The van der Waals surface area contributed by atoms with Crippen molar-refractivity contribution >= 4 is 27.3 Å². The number of aryl methyl sites for hydroxylation is 1. The van der Waals surface area contributed by atoms with Crippen molar-refractivity contribution in [2.24, 2.45) is 5.10 Å². The highest BCUT2D eigenvalue weighted by atomic mass is 32.2. The molecule has 0 fully saturated rings. The van der Waals surface area contributed by atoms with Crippen molar-refractivity contribution in [1.82, 2.24) is 5.43 Å². The summed E-state index contributed by atoms with van der Waals surface area (Å²) in [4.78, 5) is 12.9. The number of hydrogen-bond acceptors (Lipinski definition) is 6. The number of carbonyl (C=O) groups is 1. The summed E-state index contributed by atoms with van der Waals surface area (Å²) in [5, 5.41) is 4.26. The summed E-state index contributed by atoms with van der Waals surface area (Å²) in [5.74, 6) is 0.101. The van der Waals surface area contributed by atoms with Gasteiger partial charge in [0, 0.05) is 11.8 Å². The van der Waals surface area contributed by atoms with E-state index >= 15 is 0 Å². The highest BCUT2D eigenvalue weighted by Crippen LogP contribution is 2.32. The fourth-order valence-corrected chi connectivity index (χ4v) is 5.56. The average Bonchev–Trinajstić information content (AvgIpc) is 2.91. The normalized spacial score (nSPS) is 12.1. The quantitative estimate of drug-likeness (QED) is 0.272. The second-order valence-electron chi connectivity index (χ2n) is 9.67. The van der Waals surface area contributed by atoms with Gasteiger partial charge in [-0.3, -0.25) is 9.10 Å². The molecule has 3 rings (SSSR count). The summed E-state index contributed by atoms with van der Waals surface area (Å²) in [6.45, 7) is 7.50. The van der Waals surface area contributed by atoms with Crippen molar-refractivity contribution in [3.63, 3.8) is 0 Å². The summed E-state index contributed by atoms with van der Waals surface area (Å²) < 4.78 is 39.0. The van der Waals surface area contributed by atoms with Crippen LogP contribution in [0.15, 0.2) is 82.8 Å². The van der Waals surface area contributed by atoms with Crippen molar-refractivity contribution in [2.45, 2.75) is 44.4 Å². The molecule has 202 valence electrons. The van der Waals surface area contributed by atoms with E-state index in [9.17, 15) is 13.2 Å². The molecular formula is C29H35N3O5S. The summed E-state index contributed by atoms with van der Waals surface area (Å²) in [5.41, 5.74) is 5.53. The van der Waals surface area contributed by atoms with Crippen molar-refractivity contribution in [3.8, 4) is 11.5 Å². The standard InChI is InChI=1S/C29H35N3O5S/c1-21-12-14-24(15-13-21)32(38(34,35)25-16-17-26(36-5)27(18-25)37-6)20-28(33)31-30-22(2)19-29(3,4)23-10-8-7-9-11-23/h7-18H,19-20H2,1-6H3,(H,31,33)/b30-22-. The summed E-state index contributed by atoms with van der Waals surface area (Å²) >= 11 is 0. The number of anilines is 1. The third-order valence-electron chi connectivity index (χ3n) is 6.18. The molecule has 1 N–H and O–H groups in total. The van der Waals surface area contributed by atoms with Crippen LogP contribution < -0.4 is 19.2 Å². The van der Waals surface area contributed by atoms with Crippen LogP contribution in [-0.4, -0.2) is 40.8 Å². The van der Waals surface area contributed by atoms with Crippen LogP contribution in [0.25, 0.3) is 0 Å². The van der Waals surface area contributed by atoms with E-state index in [0.29, 0.717) is 17.9 Å². The van der Waals surface area contributed by atoms with E-state index in [1.54, 1.807) is 24.3 Å². The van der Waals surface area contributed by atoms with Crippen LogP contribution in [0.1, 0.15) is 38.3 Å². The third-order valence-corrected chi connectivity index (χ3v) is 7.95. The number of benzene rings is 3. The van der Waals surface area contributed by atoms with Gasteiger partial charge in [-0.1, -0.05) is 61.9 Å². The van der Waals surface area contributed by atoms with Gasteiger partial charge in [-0.15, -0.1) is 0 Å². The first kappa shape index (κ1) is 28.7. The zero-order valence-corrected chi connectivity index (χ0v) is 23.5. The first-order valence-corrected chi connectivity index (χ1v) is 13.6. The van der Waals surface area contributed by atoms with E-state index in [-0.39, 0.29) is 16.1 Å². The molecule has 38 heavy (non-hydrogen) atoms. The maximum absolute atomic E-state index is 13.7. The minimum Gasteiger partial charge on any atom is -0.493 e. The van der Waals surface area contributed by atoms with Crippen LogP contribution in [0.4, 0.5) is 5.69 Å². The van der Waals surface area contributed by atoms with E-state index in [0.717, 1.165) is 21.1 Å². The van der Waals surface area contributed by atoms with Crippen LogP contribution >= 0.6 is 0 Å². The molecule has 1 amide bonds. The van der Waals surface area contributed by atoms with E-state index in [2.05, 4.69) is 36.5 Å². The molecule has 0 saturated carbocycles. The fraction of sp³-hybridized carbons (Fsp3) is 0.310. The molecule has 3 aromatic carbocycles. The van der Waals surface area contributed by atoms with E-state index in [1.165, 1.54) is 32.4 Å². The highest BCUT2D eigenvalue weighted by molar-refractivity contribution is 7.92. The predicted octanol–water partition coefficient (Wildman–Crippen LogP) is 5.07. The van der Waals surface area contributed by atoms with Gasteiger partial charge in [0.15, 0.2) is 11.5 Å². The number of amides is 1. The number of nitrogens with one attached hydrogen (secondary N) is 1. The lowest BCUT2D eigenvalue weighted by Crippen LogP contribution is -2.39. The Balaban J connectivity index is 1.85.